The molecular formula is C17H18N2O4. The van der Waals surface area contributed by atoms with Crippen LogP contribution < -0.4 is 10.6 Å². The van der Waals surface area contributed by atoms with Crippen LogP contribution >= 0.6 is 0 Å². The van der Waals surface area contributed by atoms with Crippen LogP contribution in [-0.2, 0) is 9.59 Å². The highest BCUT2D eigenvalue weighted by atomic mass is 16.3. The van der Waals surface area contributed by atoms with Crippen molar-refractivity contribution in [2.45, 2.75) is 13.0 Å². The third-order valence-corrected chi connectivity index (χ3v) is 2.86. The van der Waals surface area contributed by atoms with Gasteiger partial charge in [0.25, 0.3) is 0 Å². The molecule has 2 N–H and O–H groups in total. The SMILES string of the molecule is C[C@@H](CNC(=O)/C=C/c1ccco1)NC(=O)/C=C/c1ccco1. The Morgan fingerprint density at radius 1 is 1.04 bits per heavy atom. The summed E-state index contributed by atoms with van der Waals surface area (Å²) in [5.74, 6) is 0.691. The first-order chi connectivity index (χ1) is 11.1. The number of amides is 2. The maximum Gasteiger partial charge on any atom is 0.244 e. The van der Waals surface area contributed by atoms with Gasteiger partial charge in [-0.2, -0.15) is 0 Å². The van der Waals surface area contributed by atoms with Gasteiger partial charge in [0.2, 0.25) is 11.8 Å². The molecule has 6 heteroatoms. The van der Waals surface area contributed by atoms with Gasteiger partial charge < -0.3 is 19.5 Å². The number of hydrogen-bond donors (Lipinski definition) is 2. The van der Waals surface area contributed by atoms with E-state index in [1.165, 1.54) is 24.7 Å². The van der Waals surface area contributed by atoms with Crippen molar-refractivity contribution in [3.05, 3.63) is 60.5 Å². The molecule has 2 aromatic heterocycles. The molecule has 1 atom stereocenters. The molecule has 2 heterocycles. The minimum Gasteiger partial charge on any atom is -0.465 e. The Hall–Kier alpha value is -3.02. The largest absolute Gasteiger partial charge is 0.465 e. The second kappa shape index (κ2) is 8.43. The number of hydrogen-bond acceptors (Lipinski definition) is 4. The van der Waals surface area contributed by atoms with E-state index in [1.807, 2.05) is 0 Å². The average molecular weight is 314 g/mol. The van der Waals surface area contributed by atoms with Gasteiger partial charge in [-0.25, -0.2) is 0 Å². The second-order valence-electron chi connectivity index (χ2n) is 4.85. The van der Waals surface area contributed by atoms with Crippen molar-refractivity contribution in [2.75, 3.05) is 6.54 Å². The van der Waals surface area contributed by atoms with Gasteiger partial charge in [-0.15, -0.1) is 0 Å². The fourth-order valence-electron chi connectivity index (χ4n) is 1.74. The first-order valence-electron chi connectivity index (χ1n) is 7.15. The molecule has 120 valence electrons. The van der Waals surface area contributed by atoms with Crippen molar-refractivity contribution in [3.8, 4) is 0 Å². The van der Waals surface area contributed by atoms with Crippen molar-refractivity contribution in [1.29, 1.82) is 0 Å². The maximum absolute atomic E-state index is 11.7. The van der Waals surface area contributed by atoms with E-state index in [-0.39, 0.29) is 17.9 Å². The highest BCUT2D eigenvalue weighted by Gasteiger charge is 2.06. The molecule has 0 radical (unpaired) electrons. The summed E-state index contributed by atoms with van der Waals surface area (Å²) in [6, 6.07) is 6.78. The molecule has 0 aliphatic heterocycles. The Bertz CT molecular complexity index is 670. The van der Waals surface area contributed by atoms with Gasteiger partial charge >= 0.3 is 0 Å². The second-order valence-corrected chi connectivity index (χ2v) is 4.85. The van der Waals surface area contributed by atoms with Crippen LogP contribution in [0.2, 0.25) is 0 Å². The molecule has 0 fully saturated rings. The van der Waals surface area contributed by atoms with Gasteiger partial charge in [0.05, 0.1) is 12.5 Å². The molecule has 0 saturated heterocycles. The van der Waals surface area contributed by atoms with Crippen molar-refractivity contribution < 1.29 is 18.4 Å². The van der Waals surface area contributed by atoms with E-state index in [9.17, 15) is 9.59 Å². The maximum atomic E-state index is 11.7. The molecule has 0 bridgehead atoms. The fourth-order valence-corrected chi connectivity index (χ4v) is 1.74. The van der Waals surface area contributed by atoms with Crippen molar-refractivity contribution in [1.82, 2.24) is 10.6 Å². The summed E-state index contributed by atoms with van der Waals surface area (Å²) in [7, 11) is 0. The molecule has 0 aliphatic carbocycles. The number of rotatable bonds is 7. The molecule has 0 unspecified atom stereocenters. The molecule has 0 aromatic carbocycles. The van der Waals surface area contributed by atoms with Crippen LogP contribution in [0.5, 0.6) is 0 Å². The van der Waals surface area contributed by atoms with Crippen LogP contribution in [0.4, 0.5) is 0 Å². The fraction of sp³-hybridized carbons (Fsp3) is 0.176. The summed E-state index contributed by atoms with van der Waals surface area (Å²) in [6.07, 6.45) is 8.98. The summed E-state index contributed by atoms with van der Waals surface area (Å²) in [5.41, 5.74) is 0. The lowest BCUT2D eigenvalue weighted by Crippen LogP contribution is -2.40. The summed E-state index contributed by atoms with van der Waals surface area (Å²) in [6.45, 7) is 2.12. The molecule has 0 saturated carbocycles. The van der Waals surface area contributed by atoms with Crippen LogP contribution in [0.25, 0.3) is 12.2 Å². The molecule has 0 aliphatic rings. The zero-order chi connectivity index (χ0) is 16.5. The minimum absolute atomic E-state index is 0.204. The Kier molecular flexibility index (Phi) is 5.99. The normalized spacial score (nSPS) is 12.6. The lowest BCUT2D eigenvalue weighted by Gasteiger charge is -2.12. The Balaban J connectivity index is 1.69. The smallest absolute Gasteiger partial charge is 0.244 e. The predicted octanol–water partition coefficient (Wildman–Crippen LogP) is 2.22. The van der Waals surface area contributed by atoms with Crippen LogP contribution in [-0.4, -0.2) is 24.4 Å². The van der Waals surface area contributed by atoms with Crippen LogP contribution in [0.3, 0.4) is 0 Å². The summed E-state index contributed by atoms with van der Waals surface area (Å²) < 4.78 is 10.2. The number of carbonyl (C=O) groups excluding carboxylic acids is 2. The van der Waals surface area contributed by atoms with Crippen LogP contribution in [0.15, 0.2) is 57.8 Å². The number of furan rings is 2. The Morgan fingerprint density at radius 2 is 1.61 bits per heavy atom. The van der Waals surface area contributed by atoms with Gasteiger partial charge in [-0.1, -0.05) is 0 Å². The van der Waals surface area contributed by atoms with Crippen molar-refractivity contribution >= 4 is 24.0 Å². The molecule has 2 aromatic rings. The molecule has 6 nitrogen and oxygen atoms in total. The standard InChI is InChI=1S/C17H18N2O4/c1-13(19-17(21)9-7-15-5-3-11-23-15)12-18-16(20)8-6-14-4-2-10-22-14/h2-11,13H,12H2,1H3,(H,18,20)(H,19,21)/b8-6+,9-7+/t13-/m0/s1. The van der Waals surface area contributed by atoms with E-state index in [0.29, 0.717) is 18.1 Å². The molecule has 0 spiro atoms. The summed E-state index contributed by atoms with van der Waals surface area (Å²) in [5, 5.41) is 5.44. The highest BCUT2D eigenvalue weighted by Crippen LogP contribution is 2.02. The lowest BCUT2D eigenvalue weighted by atomic mass is 10.3. The first kappa shape index (κ1) is 16.4. The minimum atomic E-state index is -0.256. The van der Waals surface area contributed by atoms with E-state index >= 15 is 0 Å². The number of nitrogens with one attached hydrogen (secondary N) is 2. The van der Waals surface area contributed by atoms with Gasteiger partial charge in [0.1, 0.15) is 11.5 Å². The van der Waals surface area contributed by atoms with Crippen LogP contribution in [0.1, 0.15) is 18.4 Å². The lowest BCUT2D eigenvalue weighted by molar-refractivity contribution is -0.118. The van der Waals surface area contributed by atoms with Gasteiger partial charge in [-0.05, 0) is 43.3 Å². The molecule has 2 amide bonds. The number of carbonyl (C=O) groups is 2. The molecular weight excluding hydrogens is 296 g/mol. The van der Waals surface area contributed by atoms with Gasteiger partial charge in [0, 0.05) is 24.7 Å². The molecule has 23 heavy (non-hydrogen) atoms. The van der Waals surface area contributed by atoms with E-state index < -0.39 is 0 Å². The quantitative estimate of drug-likeness (QED) is 0.768. The van der Waals surface area contributed by atoms with Crippen LogP contribution in [0, 0.1) is 0 Å². The zero-order valence-electron chi connectivity index (χ0n) is 12.7. The van der Waals surface area contributed by atoms with Gasteiger partial charge in [-0.3, -0.25) is 9.59 Å². The summed E-state index contributed by atoms with van der Waals surface area (Å²) in [4.78, 5) is 23.3. The van der Waals surface area contributed by atoms with E-state index in [1.54, 1.807) is 43.3 Å². The topological polar surface area (TPSA) is 84.5 Å². The summed E-state index contributed by atoms with van der Waals surface area (Å²) >= 11 is 0. The Morgan fingerprint density at radius 3 is 2.13 bits per heavy atom. The predicted molar refractivity (Wildman–Crippen MR) is 86.1 cm³/mol. The average Bonchev–Trinajstić information content (AvgIpc) is 3.22. The first-order valence-corrected chi connectivity index (χ1v) is 7.15. The van der Waals surface area contributed by atoms with Crippen molar-refractivity contribution in [2.24, 2.45) is 0 Å². The highest BCUT2D eigenvalue weighted by molar-refractivity contribution is 5.92. The zero-order valence-corrected chi connectivity index (χ0v) is 12.7. The monoisotopic (exact) mass is 314 g/mol. The van der Waals surface area contributed by atoms with E-state index in [4.69, 9.17) is 8.83 Å². The molecule has 2 rings (SSSR count). The Labute approximate surface area is 133 Å². The van der Waals surface area contributed by atoms with E-state index in [2.05, 4.69) is 10.6 Å². The van der Waals surface area contributed by atoms with E-state index in [0.717, 1.165) is 0 Å². The van der Waals surface area contributed by atoms with Crippen molar-refractivity contribution in [3.63, 3.8) is 0 Å². The van der Waals surface area contributed by atoms with Gasteiger partial charge in [0.15, 0.2) is 0 Å². The third kappa shape index (κ3) is 6.09. The third-order valence-electron chi connectivity index (χ3n) is 2.86.